The van der Waals surface area contributed by atoms with Crippen LogP contribution in [0.3, 0.4) is 0 Å². The van der Waals surface area contributed by atoms with Crippen molar-refractivity contribution in [3.63, 3.8) is 0 Å². The number of allylic oxidation sites excluding steroid dienone is 2. The van der Waals surface area contributed by atoms with Gasteiger partial charge in [-0.05, 0) is 31.5 Å². The summed E-state index contributed by atoms with van der Waals surface area (Å²) in [4.78, 5) is 21.6. The number of para-hydroxylation sites is 2. The minimum Gasteiger partial charge on any atom is -0.481 e. The Labute approximate surface area is 175 Å². The molecule has 2 N–H and O–H groups in total. The van der Waals surface area contributed by atoms with Crippen LogP contribution >= 0.6 is 15.9 Å². The SMILES string of the molecule is CC1(C(=O)O)C=CC(Br)=C(C(=O)O)C1.c1ccc(-n2ncc3ccccc32)cc1. The van der Waals surface area contributed by atoms with Crippen LogP contribution in [0.2, 0.25) is 0 Å². The van der Waals surface area contributed by atoms with Crippen LogP contribution < -0.4 is 0 Å². The van der Waals surface area contributed by atoms with E-state index in [1.165, 1.54) is 24.5 Å². The molecule has 1 atom stereocenters. The minimum absolute atomic E-state index is 0.00521. The molecule has 1 aromatic heterocycles. The van der Waals surface area contributed by atoms with E-state index in [0.717, 1.165) is 11.2 Å². The maximum Gasteiger partial charge on any atom is 0.332 e. The number of nitrogens with zero attached hydrogens (tertiary/aromatic N) is 2. The van der Waals surface area contributed by atoms with Crippen molar-refractivity contribution in [2.75, 3.05) is 0 Å². The summed E-state index contributed by atoms with van der Waals surface area (Å²) in [6, 6.07) is 18.4. The van der Waals surface area contributed by atoms with Crippen molar-refractivity contribution in [3.05, 3.63) is 83.0 Å². The lowest BCUT2D eigenvalue weighted by atomic mass is 9.80. The Kier molecular flexibility index (Phi) is 5.98. The first-order chi connectivity index (χ1) is 13.8. The summed E-state index contributed by atoms with van der Waals surface area (Å²) in [5, 5.41) is 23.3. The average molecular weight is 455 g/mol. The van der Waals surface area contributed by atoms with Crippen LogP contribution in [0, 0.1) is 5.41 Å². The molecular formula is C22H19BrN2O4. The predicted molar refractivity (Wildman–Crippen MR) is 114 cm³/mol. The van der Waals surface area contributed by atoms with E-state index in [2.05, 4.69) is 45.3 Å². The Morgan fingerprint density at radius 1 is 1.07 bits per heavy atom. The summed E-state index contributed by atoms with van der Waals surface area (Å²) in [6.45, 7) is 1.49. The van der Waals surface area contributed by atoms with E-state index in [9.17, 15) is 9.59 Å². The molecule has 0 saturated heterocycles. The lowest BCUT2D eigenvalue weighted by molar-refractivity contribution is -0.145. The quantitative estimate of drug-likeness (QED) is 0.592. The highest BCUT2D eigenvalue weighted by Gasteiger charge is 2.36. The molecule has 0 aliphatic heterocycles. The number of carbonyl (C=O) groups is 2. The van der Waals surface area contributed by atoms with E-state index in [4.69, 9.17) is 10.2 Å². The molecule has 1 aliphatic carbocycles. The normalized spacial score (nSPS) is 18.3. The van der Waals surface area contributed by atoms with Gasteiger partial charge in [0.2, 0.25) is 0 Å². The number of fused-ring (bicyclic) bond motifs is 1. The van der Waals surface area contributed by atoms with Crippen molar-refractivity contribution in [1.82, 2.24) is 9.78 Å². The summed E-state index contributed by atoms with van der Waals surface area (Å²) >= 11 is 3.08. The van der Waals surface area contributed by atoms with Gasteiger partial charge in [0, 0.05) is 9.87 Å². The number of benzene rings is 2. The zero-order chi connectivity index (χ0) is 21.0. The van der Waals surface area contributed by atoms with E-state index in [-0.39, 0.29) is 12.0 Å². The Morgan fingerprint density at radius 2 is 1.72 bits per heavy atom. The van der Waals surface area contributed by atoms with Gasteiger partial charge in [0.05, 0.1) is 28.4 Å². The van der Waals surface area contributed by atoms with E-state index in [0.29, 0.717) is 4.48 Å². The van der Waals surface area contributed by atoms with Gasteiger partial charge in [-0.2, -0.15) is 5.10 Å². The number of hydrogen-bond donors (Lipinski definition) is 2. The number of aromatic nitrogens is 2. The Bertz CT molecular complexity index is 1120. The van der Waals surface area contributed by atoms with E-state index >= 15 is 0 Å². The minimum atomic E-state index is -1.12. The average Bonchev–Trinajstić information content (AvgIpc) is 3.15. The van der Waals surface area contributed by atoms with Gasteiger partial charge in [0.25, 0.3) is 0 Å². The fraction of sp³-hybridized carbons (Fsp3) is 0.136. The standard InChI is InChI=1S/C13H10N2.C9H9BrO4/c1-2-7-12(8-3-1)15-13-9-5-4-6-11(13)10-14-15;1-9(8(13)14)3-2-6(10)5(4-9)7(11)12/h1-10H;2-3H,4H2,1H3,(H,11,12)(H,13,14). The van der Waals surface area contributed by atoms with Crippen molar-refractivity contribution < 1.29 is 19.8 Å². The molecule has 0 amide bonds. The molecule has 0 fully saturated rings. The second kappa shape index (κ2) is 8.45. The van der Waals surface area contributed by atoms with Gasteiger partial charge in [-0.15, -0.1) is 0 Å². The van der Waals surface area contributed by atoms with Crippen LogP contribution in [-0.4, -0.2) is 31.9 Å². The van der Waals surface area contributed by atoms with Crippen LogP contribution in [0.15, 0.2) is 83.0 Å². The summed E-state index contributed by atoms with van der Waals surface area (Å²) < 4.78 is 2.39. The van der Waals surface area contributed by atoms with Crippen LogP contribution in [0.4, 0.5) is 0 Å². The molecule has 1 unspecified atom stereocenters. The maximum absolute atomic E-state index is 10.9. The van der Waals surface area contributed by atoms with Gasteiger partial charge in [0.1, 0.15) is 0 Å². The van der Waals surface area contributed by atoms with Crippen LogP contribution in [0.1, 0.15) is 13.3 Å². The molecule has 3 aromatic rings. The second-order valence-corrected chi connectivity index (χ2v) is 7.67. The van der Waals surface area contributed by atoms with Gasteiger partial charge in [-0.1, -0.05) is 64.5 Å². The monoisotopic (exact) mass is 454 g/mol. The number of hydrogen-bond acceptors (Lipinski definition) is 3. The van der Waals surface area contributed by atoms with E-state index in [1.54, 1.807) is 0 Å². The van der Waals surface area contributed by atoms with Gasteiger partial charge >= 0.3 is 11.9 Å². The third-order valence-corrected chi connectivity index (χ3v) is 5.40. The molecule has 0 spiro atoms. The Hall–Kier alpha value is -3.19. The molecule has 1 aliphatic rings. The molecule has 6 nitrogen and oxygen atoms in total. The molecule has 1 heterocycles. The summed E-state index contributed by atoms with van der Waals surface area (Å²) in [5.74, 6) is -2.11. The predicted octanol–water partition coefficient (Wildman–Crippen LogP) is 4.80. The second-order valence-electron chi connectivity index (χ2n) is 6.82. The summed E-state index contributed by atoms with van der Waals surface area (Å²) in [6.07, 6.45) is 4.85. The number of halogens is 1. The highest BCUT2D eigenvalue weighted by atomic mass is 79.9. The van der Waals surface area contributed by atoms with Crippen molar-refractivity contribution in [1.29, 1.82) is 0 Å². The number of carboxylic acids is 2. The van der Waals surface area contributed by atoms with Crippen molar-refractivity contribution in [2.24, 2.45) is 5.41 Å². The number of rotatable bonds is 3. The molecule has 7 heteroatoms. The highest BCUT2D eigenvalue weighted by molar-refractivity contribution is 9.12. The zero-order valence-electron chi connectivity index (χ0n) is 15.6. The molecule has 2 aromatic carbocycles. The first-order valence-electron chi connectivity index (χ1n) is 8.84. The van der Waals surface area contributed by atoms with Crippen molar-refractivity contribution >= 4 is 38.8 Å². The van der Waals surface area contributed by atoms with E-state index < -0.39 is 17.4 Å². The molecule has 0 saturated carbocycles. The van der Waals surface area contributed by atoms with Crippen LogP contribution in [-0.2, 0) is 9.59 Å². The topological polar surface area (TPSA) is 92.4 Å². The molecule has 0 bridgehead atoms. The Morgan fingerprint density at radius 3 is 2.38 bits per heavy atom. The lowest BCUT2D eigenvalue weighted by Crippen LogP contribution is -2.29. The van der Waals surface area contributed by atoms with E-state index in [1.807, 2.05) is 41.2 Å². The first-order valence-corrected chi connectivity index (χ1v) is 9.64. The summed E-state index contributed by atoms with van der Waals surface area (Å²) in [5.41, 5.74) is 1.21. The third-order valence-electron chi connectivity index (χ3n) is 4.65. The zero-order valence-corrected chi connectivity index (χ0v) is 17.2. The largest absolute Gasteiger partial charge is 0.481 e. The lowest BCUT2D eigenvalue weighted by Gasteiger charge is -2.24. The third kappa shape index (κ3) is 4.46. The fourth-order valence-corrected chi connectivity index (χ4v) is 3.38. The molecule has 0 radical (unpaired) electrons. The molecule has 4 rings (SSSR count). The van der Waals surface area contributed by atoms with Gasteiger partial charge in [-0.25, -0.2) is 9.48 Å². The highest BCUT2D eigenvalue weighted by Crippen LogP contribution is 2.36. The van der Waals surface area contributed by atoms with Gasteiger partial charge in [0.15, 0.2) is 0 Å². The smallest absolute Gasteiger partial charge is 0.332 e. The van der Waals surface area contributed by atoms with Crippen LogP contribution in [0.5, 0.6) is 0 Å². The first kappa shape index (κ1) is 20.5. The number of aliphatic carboxylic acids is 2. The maximum atomic E-state index is 10.9. The molecular weight excluding hydrogens is 436 g/mol. The molecule has 148 valence electrons. The fourth-order valence-electron chi connectivity index (χ4n) is 2.94. The van der Waals surface area contributed by atoms with Gasteiger partial charge in [-0.3, -0.25) is 4.79 Å². The van der Waals surface area contributed by atoms with Crippen molar-refractivity contribution in [3.8, 4) is 5.69 Å². The van der Waals surface area contributed by atoms with Crippen LogP contribution in [0.25, 0.3) is 16.6 Å². The number of carboxylic acid groups (broad SMARTS) is 2. The van der Waals surface area contributed by atoms with Gasteiger partial charge < -0.3 is 10.2 Å². The Balaban J connectivity index is 0.000000166. The summed E-state index contributed by atoms with van der Waals surface area (Å²) in [7, 11) is 0. The molecule has 29 heavy (non-hydrogen) atoms. The van der Waals surface area contributed by atoms with Crippen molar-refractivity contribution in [2.45, 2.75) is 13.3 Å².